The third-order valence-electron chi connectivity index (χ3n) is 3.96. The van der Waals surface area contributed by atoms with E-state index in [4.69, 9.17) is 0 Å². The molecule has 112 valence electrons. The second-order valence-electron chi connectivity index (χ2n) is 5.56. The number of rotatable bonds is 4. The lowest BCUT2D eigenvalue weighted by atomic mass is 9.89. The molecule has 1 aliphatic rings. The van der Waals surface area contributed by atoms with Crippen LogP contribution < -0.4 is 0 Å². The Morgan fingerprint density at radius 1 is 1.57 bits per heavy atom. The van der Waals surface area contributed by atoms with Gasteiger partial charge >= 0.3 is 5.97 Å². The van der Waals surface area contributed by atoms with Crippen LogP contribution >= 0.6 is 23.1 Å². The van der Waals surface area contributed by atoms with Gasteiger partial charge in [-0.2, -0.15) is 0 Å². The summed E-state index contributed by atoms with van der Waals surface area (Å²) in [6.07, 6.45) is 5.51. The number of carbonyl (C=O) groups is 1. The van der Waals surface area contributed by atoms with Crippen molar-refractivity contribution < 1.29 is 9.90 Å². The first-order chi connectivity index (χ1) is 10.1. The van der Waals surface area contributed by atoms with Crippen LogP contribution in [0.25, 0.3) is 10.2 Å². The Hall–Kier alpha value is -1.14. The van der Waals surface area contributed by atoms with Gasteiger partial charge in [-0.15, -0.1) is 11.3 Å². The van der Waals surface area contributed by atoms with Crippen molar-refractivity contribution in [2.24, 2.45) is 5.92 Å². The highest BCUT2D eigenvalue weighted by Crippen LogP contribution is 2.41. The number of nitrogens with zero attached hydrogens (tertiary/aromatic N) is 2. The van der Waals surface area contributed by atoms with Crippen LogP contribution in [0.1, 0.15) is 37.1 Å². The molecule has 2 heterocycles. The van der Waals surface area contributed by atoms with Crippen LogP contribution in [0.15, 0.2) is 11.4 Å². The Kier molecular flexibility index (Phi) is 4.17. The van der Waals surface area contributed by atoms with Gasteiger partial charge in [-0.1, -0.05) is 25.6 Å². The van der Waals surface area contributed by atoms with E-state index in [1.54, 1.807) is 17.7 Å². The molecule has 1 N–H and O–H groups in total. The molecule has 21 heavy (non-hydrogen) atoms. The average Bonchev–Trinajstić information content (AvgIpc) is 2.82. The zero-order chi connectivity index (χ0) is 15.0. The lowest BCUT2D eigenvalue weighted by molar-refractivity contribution is -0.136. The molecule has 2 aromatic heterocycles. The van der Waals surface area contributed by atoms with Crippen molar-refractivity contribution in [1.82, 2.24) is 9.97 Å². The quantitative estimate of drug-likeness (QED) is 0.686. The van der Waals surface area contributed by atoms with Gasteiger partial charge in [0.15, 0.2) is 0 Å². The van der Waals surface area contributed by atoms with E-state index in [1.807, 2.05) is 6.92 Å². The monoisotopic (exact) mass is 322 g/mol. The standard InChI is InChI=1S/C15H18N2O2S2/c1-3-10(15(18)19)20-13-12-9-5-4-8(2)6-11(9)21-14(12)17-7-16-13/h7-8,10H,3-6H2,1-2H3,(H,18,19)/t8-,10-/m0/s1. The van der Waals surface area contributed by atoms with Gasteiger partial charge in [-0.25, -0.2) is 9.97 Å². The van der Waals surface area contributed by atoms with Gasteiger partial charge in [-0.05, 0) is 37.2 Å². The predicted molar refractivity (Wildman–Crippen MR) is 86.2 cm³/mol. The minimum atomic E-state index is -0.771. The summed E-state index contributed by atoms with van der Waals surface area (Å²) in [7, 11) is 0. The molecule has 0 bridgehead atoms. The number of hydrogen-bond donors (Lipinski definition) is 1. The lowest BCUT2D eigenvalue weighted by Crippen LogP contribution is -2.15. The summed E-state index contributed by atoms with van der Waals surface area (Å²) in [6, 6.07) is 0. The number of aryl methyl sites for hydroxylation is 1. The molecule has 0 amide bonds. The zero-order valence-corrected chi connectivity index (χ0v) is 13.8. The Balaban J connectivity index is 2.05. The van der Waals surface area contributed by atoms with E-state index < -0.39 is 11.2 Å². The summed E-state index contributed by atoms with van der Waals surface area (Å²) in [5.41, 5.74) is 1.36. The molecule has 2 atom stereocenters. The number of fused-ring (bicyclic) bond motifs is 3. The molecule has 6 heteroatoms. The van der Waals surface area contributed by atoms with Gasteiger partial charge in [-0.3, -0.25) is 4.79 Å². The summed E-state index contributed by atoms with van der Waals surface area (Å²) < 4.78 is 0. The first kappa shape index (κ1) is 14.8. The molecule has 0 aliphatic heterocycles. The normalized spacial score (nSPS) is 19.4. The van der Waals surface area contributed by atoms with Crippen molar-refractivity contribution in [3.63, 3.8) is 0 Å². The molecule has 0 saturated carbocycles. The van der Waals surface area contributed by atoms with Crippen LogP contribution in [0.4, 0.5) is 0 Å². The molecule has 0 saturated heterocycles. The molecule has 1 aliphatic carbocycles. The number of carboxylic acid groups (broad SMARTS) is 1. The number of carboxylic acids is 1. The highest BCUT2D eigenvalue weighted by molar-refractivity contribution is 8.00. The zero-order valence-electron chi connectivity index (χ0n) is 12.1. The third kappa shape index (κ3) is 2.79. The van der Waals surface area contributed by atoms with Crippen LogP contribution in [0.2, 0.25) is 0 Å². The summed E-state index contributed by atoms with van der Waals surface area (Å²) >= 11 is 3.11. The van der Waals surface area contributed by atoms with Crippen LogP contribution in [0.5, 0.6) is 0 Å². The van der Waals surface area contributed by atoms with Gasteiger partial charge < -0.3 is 5.11 Å². The molecule has 0 unspecified atom stereocenters. The Morgan fingerprint density at radius 3 is 3.10 bits per heavy atom. The van der Waals surface area contributed by atoms with E-state index in [-0.39, 0.29) is 0 Å². The fourth-order valence-corrected chi connectivity index (χ4v) is 5.18. The van der Waals surface area contributed by atoms with Crippen molar-refractivity contribution >= 4 is 39.3 Å². The van der Waals surface area contributed by atoms with Crippen LogP contribution in [-0.2, 0) is 17.6 Å². The van der Waals surface area contributed by atoms with E-state index >= 15 is 0 Å². The van der Waals surface area contributed by atoms with Crippen molar-refractivity contribution in [3.8, 4) is 0 Å². The van der Waals surface area contributed by atoms with Gasteiger partial charge in [0, 0.05) is 10.3 Å². The third-order valence-corrected chi connectivity index (χ3v) is 6.47. The number of thioether (sulfide) groups is 1. The molecule has 4 nitrogen and oxygen atoms in total. The maximum absolute atomic E-state index is 11.3. The molecular weight excluding hydrogens is 304 g/mol. The number of hydrogen-bond acceptors (Lipinski definition) is 5. The van der Waals surface area contributed by atoms with Gasteiger partial charge in [0.2, 0.25) is 0 Å². The Labute approximate surface area is 132 Å². The maximum atomic E-state index is 11.3. The number of thiophene rings is 1. The first-order valence-corrected chi connectivity index (χ1v) is 8.94. The molecule has 0 spiro atoms. The second-order valence-corrected chi connectivity index (χ2v) is 7.84. The Morgan fingerprint density at radius 2 is 2.38 bits per heavy atom. The van der Waals surface area contributed by atoms with Crippen LogP contribution in [0.3, 0.4) is 0 Å². The lowest BCUT2D eigenvalue weighted by Gasteiger charge is -2.18. The molecule has 0 fully saturated rings. The molecule has 3 rings (SSSR count). The average molecular weight is 322 g/mol. The first-order valence-electron chi connectivity index (χ1n) is 7.24. The summed E-state index contributed by atoms with van der Waals surface area (Å²) in [4.78, 5) is 22.5. The predicted octanol–water partition coefficient (Wildman–Crippen LogP) is 3.77. The fraction of sp³-hybridized carbons (Fsp3) is 0.533. The van der Waals surface area contributed by atoms with Gasteiger partial charge in [0.05, 0.1) is 0 Å². The van der Waals surface area contributed by atoms with E-state index in [2.05, 4.69) is 16.9 Å². The topological polar surface area (TPSA) is 63.1 Å². The smallest absolute Gasteiger partial charge is 0.317 e. The summed E-state index contributed by atoms with van der Waals surface area (Å²) in [5.74, 6) is -0.0518. The minimum Gasteiger partial charge on any atom is -0.480 e. The van der Waals surface area contributed by atoms with Gasteiger partial charge in [0.1, 0.15) is 21.4 Å². The Bertz CT molecular complexity index is 684. The van der Waals surface area contributed by atoms with Crippen molar-refractivity contribution in [2.45, 2.75) is 49.8 Å². The second kappa shape index (κ2) is 5.93. The van der Waals surface area contributed by atoms with Crippen molar-refractivity contribution in [1.29, 1.82) is 0 Å². The molecule has 0 aromatic carbocycles. The van der Waals surface area contributed by atoms with E-state index in [1.165, 1.54) is 28.6 Å². The van der Waals surface area contributed by atoms with E-state index in [0.29, 0.717) is 6.42 Å². The molecule has 2 aromatic rings. The largest absolute Gasteiger partial charge is 0.480 e. The fourth-order valence-electron chi connectivity index (χ4n) is 2.78. The highest BCUT2D eigenvalue weighted by Gasteiger charge is 2.25. The van der Waals surface area contributed by atoms with Crippen LogP contribution in [-0.4, -0.2) is 26.3 Å². The molecular formula is C15H18N2O2S2. The number of aliphatic carboxylic acids is 1. The number of aromatic nitrogens is 2. The molecule has 0 radical (unpaired) electrons. The SMILES string of the molecule is CC[C@H](Sc1ncnc2sc3c(c12)CC[C@H](C)C3)C(=O)O. The summed E-state index contributed by atoms with van der Waals surface area (Å²) in [5, 5.41) is 10.8. The van der Waals surface area contributed by atoms with Gasteiger partial charge in [0.25, 0.3) is 0 Å². The maximum Gasteiger partial charge on any atom is 0.317 e. The van der Waals surface area contributed by atoms with E-state index in [0.717, 1.165) is 34.0 Å². The van der Waals surface area contributed by atoms with Crippen LogP contribution in [0, 0.1) is 5.92 Å². The minimum absolute atomic E-state index is 0.443. The summed E-state index contributed by atoms with van der Waals surface area (Å²) in [6.45, 7) is 4.18. The highest BCUT2D eigenvalue weighted by atomic mass is 32.2. The van der Waals surface area contributed by atoms with E-state index in [9.17, 15) is 9.90 Å². The van der Waals surface area contributed by atoms with Crippen molar-refractivity contribution in [2.75, 3.05) is 0 Å². The van der Waals surface area contributed by atoms with Crippen molar-refractivity contribution in [3.05, 3.63) is 16.8 Å².